The lowest BCUT2D eigenvalue weighted by atomic mass is 9.94. The Morgan fingerprint density at radius 1 is 0.860 bits per heavy atom. The van der Waals surface area contributed by atoms with Gasteiger partial charge in [0.25, 0.3) is 5.91 Å². The molecular formula is C33H33F3N2O5. The highest BCUT2D eigenvalue weighted by Crippen LogP contribution is 2.42. The monoisotopic (exact) mass is 594 g/mol. The zero-order valence-electron chi connectivity index (χ0n) is 23.7. The number of carboxylic acid groups (broad SMARTS) is 1. The predicted molar refractivity (Wildman–Crippen MR) is 157 cm³/mol. The standard InChI is InChI=1S/C33H33F3N2O5/c1-19(2)31-30(33(43)37-27-13-12-23(35)16-26(27)36)29(20-6-4-3-5-7-20)32(21-8-10-22(34)11-9-21)38(31)15-14-24(39)17-25(40)18-28(41)42/h3-13,16,19,24-25,39-40H,14-15,17-18H2,1-2H3,(H,37,43)(H,41,42)/t24-,25-/m1/s1. The van der Waals surface area contributed by atoms with Crippen molar-refractivity contribution in [3.63, 3.8) is 0 Å². The highest BCUT2D eigenvalue weighted by atomic mass is 19.1. The number of nitrogens with zero attached hydrogens (tertiary/aromatic N) is 1. The summed E-state index contributed by atoms with van der Waals surface area (Å²) in [5, 5.41) is 32.3. The van der Waals surface area contributed by atoms with E-state index in [1.807, 2.05) is 36.6 Å². The lowest BCUT2D eigenvalue weighted by Gasteiger charge is -2.20. The van der Waals surface area contributed by atoms with Crippen LogP contribution in [0.5, 0.6) is 0 Å². The highest BCUT2D eigenvalue weighted by Gasteiger charge is 2.31. The van der Waals surface area contributed by atoms with Gasteiger partial charge in [0, 0.05) is 23.9 Å². The molecule has 4 aromatic rings. The number of benzene rings is 3. The van der Waals surface area contributed by atoms with E-state index in [9.17, 15) is 33.0 Å². The maximum Gasteiger partial charge on any atom is 0.305 e. The second-order valence-electron chi connectivity index (χ2n) is 10.7. The molecule has 2 atom stereocenters. The van der Waals surface area contributed by atoms with E-state index in [4.69, 9.17) is 5.11 Å². The van der Waals surface area contributed by atoms with Crippen molar-refractivity contribution in [2.45, 2.75) is 57.8 Å². The van der Waals surface area contributed by atoms with E-state index in [-0.39, 0.29) is 36.6 Å². The van der Waals surface area contributed by atoms with Crippen molar-refractivity contribution < 1.29 is 38.1 Å². The minimum atomic E-state index is -1.25. The predicted octanol–water partition coefficient (Wildman–Crippen LogP) is 6.59. The van der Waals surface area contributed by atoms with Gasteiger partial charge < -0.3 is 25.2 Å². The summed E-state index contributed by atoms with van der Waals surface area (Å²) in [6.07, 6.45) is -2.89. The van der Waals surface area contributed by atoms with Gasteiger partial charge in [0.15, 0.2) is 0 Å². The molecule has 0 unspecified atom stereocenters. The van der Waals surface area contributed by atoms with E-state index < -0.39 is 48.0 Å². The lowest BCUT2D eigenvalue weighted by molar-refractivity contribution is -0.139. The van der Waals surface area contributed by atoms with Gasteiger partial charge in [-0.25, -0.2) is 13.2 Å². The van der Waals surface area contributed by atoms with Crippen molar-refractivity contribution in [1.29, 1.82) is 0 Å². The van der Waals surface area contributed by atoms with Crippen LogP contribution in [-0.4, -0.2) is 44.0 Å². The molecule has 0 saturated carbocycles. The Balaban J connectivity index is 1.91. The molecule has 43 heavy (non-hydrogen) atoms. The van der Waals surface area contributed by atoms with Crippen LogP contribution in [0.25, 0.3) is 22.4 Å². The lowest BCUT2D eigenvalue weighted by Crippen LogP contribution is -2.22. The van der Waals surface area contributed by atoms with Crippen molar-refractivity contribution in [2.75, 3.05) is 5.32 Å². The van der Waals surface area contributed by atoms with Gasteiger partial charge in [-0.2, -0.15) is 0 Å². The number of anilines is 1. The third kappa shape index (κ3) is 7.52. The molecule has 0 radical (unpaired) electrons. The first-order valence-electron chi connectivity index (χ1n) is 13.9. The smallest absolute Gasteiger partial charge is 0.305 e. The topological polar surface area (TPSA) is 112 Å². The number of rotatable bonds is 12. The number of carboxylic acids is 1. The minimum Gasteiger partial charge on any atom is -0.481 e. The van der Waals surface area contributed by atoms with Crippen molar-refractivity contribution >= 4 is 17.6 Å². The summed E-state index contributed by atoms with van der Waals surface area (Å²) in [4.78, 5) is 25.0. The van der Waals surface area contributed by atoms with E-state index in [0.29, 0.717) is 34.1 Å². The van der Waals surface area contributed by atoms with Gasteiger partial charge in [-0.1, -0.05) is 44.2 Å². The summed E-state index contributed by atoms with van der Waals surface area (Å²) in [6, 6.07) is 17.6. The maximum absolute atomic E-state index is 14.6. The first-order chi connectivity index (χ1) is 20.5. The zero-order valence-corrected chi connectivity index (χ0v) is 23.7. The summed E-state index contributed by atoms with van der Waals surface area (Å²) in [7, 11) is 0. The molecule has 0 fully saturated rings. The number of aliphatic carboxylic acids is 1. The van der Waals surface area contributed by atoms with Gasteiger partial charge in [0.05, 0.1) is 35.6 Å². The second kappa shape index (κ2) is 13.7. The molecule has 0 spiro atoms. The van der Waals surface area contributed by atoms with Gasteiger partial charge in [-0.05, 0) is 66.3 Å². The molecule has 4 rings (SSSR count). The average molecular weight is 595 g/mol. The van der Waals surface area contributed by atoms with Crippen LogP contribution in [0.4, 0.5) is 18.9 Å². The minimum absolute atomic E-state index is 0.0984. The number of aliphatic hydroxyl groups excluding tert-OH is 2. The average Bonchev–Trinajstić information content (AvgIpc) is 3.29. The van der Waals surface area contributed by atoms with Gasteiger partial charge in [-0.15, -0.1) is 0 Å². The fourth-order valence-electron chi connectivity index (χ4n) is 5.26. The Hall–Kier alpha value is -4.41. The summed E-state index contributed by atoms with van der Waals surface area (Å²) >= 11 is 0. The van der Waals surface area contributed by atoms with Crippen molar-refractivity contribution in [3.05, 3.63) is 102 Å². The number of carbonyl (C=O) groups is 2. The summed E-state index contributed by atoms with van der Waals surface area (Å²) in [5.41, 5.74) is 2.86. The van der Waals surface area contributed by atoms with E-state index in [1.165, 1.54) is 12.1 Å². The normalized spacial score (nSPS) is 12.7. The number of nitrogens with one attached hydrogen (secondary N) is 1. The Labute approximate surface area is 247 Å². The quantitative estimate of drug-likeness (QED) is 0.148. The Kier molecular flexibility index (Phi) is 10.1. The molecule has 0 aliphatic heterocycles. The number of amides is 1. The molecule has 10 heteroatoms. The molecule has 1 heterocycles. The van der Waals surface area contributed by atoms with E-state index in [0.717, 1.165) is 12.1 Å². The third-order valence-corrected chi connectivity index (χ3v) is 7.08. The van der Waals surface area contributed by atoms with Crippen LogP contribution in [0.15, 0.2) is 72.8 Å². The molecule has 0 bridgehead atoms. The molecule has 4 N–H and O–H groups in total. The van der Waals surface area contributed by atoms with Crippen LogP contribution in [0.1, 0.15) is 55.1 Å². The van der Waals surface area contributed by atoms with Crippen LogP contribution < -0.4 is 5.32 Å². The largest absolute Gasteiger partial charge is 0.481 e. The fraction of sp³-hybridized carbons (Fsp3) is 0.273. The van der Waals surface area contributed by atoms with Gasteiger partial charge in [0.1, 0.15) is 17.5 Å². The van der Waals surface area contributed by atoms with Gasteiger partial charge >= 0.3 is 5.97 Å². The molecule has 1 amide bonds. The van der Waals surface area contributed by atoms with E-state index in [2.05, 4.69) is 5.32 Å². The first kappa shape index (κ1) is 31.5. The highest BCUT2D eigenvalue weighted by molar-refractivity contribution is 6.12. The Morgan fingerprint density at radius 2 is 1.51 bits per heavy atom. The second-order valence-corrected chi connectivity index (χ2v) is 10.7. The van der Waals surface area contributed by atoms with Crippen LogP contribution in [0, 0.1) is 17.5 Å². The number of aromatic nitrogens is 1. The van der Waals surface area contributed by atoms with E-state index in [1.54, 1.807) is 24.3 Å². The zero-order chi connectivity index (χ0) is 31.3. The van der Waals surface area contributed by atoms with E-state index >= 15 is 0 Å². The molecule has 1 aromatic heterocycles. The molecule has 0 aliphatic rings. The first-order valence-corrected chi connectivity index (χ1v) is 13.9. The summed E-state index contributed by atoms with van der Waals surface area (Å²) in [5.74, 6) is -4.30. The summed E-state index contributed by atoms with van der Waals surface area (Å²) in [6.45, 7) is 3.90. The molecule has 7 nitrogen and oxygen atoms in total. The van der Waals surface area contributed by atoms with Crippen molar-refractivity contribution in [1.82, 2.24) is 4.57 Å². The molecule has 226 valence electrons. The third-order valence-electron chi connectivity index (χ3n) is 7.08. The molecule has 0 aliphatic carbocycles. The van der Waals surface area contributed by atoms with Crippen LogP contribution >= 0.6 is 0 Å². The molecule has 0 saturated heterocycles. The van der Waals surface area contributed by atoms with Crippen molar-refractivity contribution in [2.24, 2.45) is 0 Å². The Bertz CT molecular complexity index is 1590. The molecular weight excluding hydrogens is 561 g/mol. The van der Waals surface area contributed by atoms with Crippen LogP contribution in [-0.2, 0) is 11.3 Å². The fourth-order valence-corrected chi connectivity index (χ4v) is 5.26. The van der Waals surface area contributed by atoms with Gasteiger partial charge in [-0.3, -0.25) is 9.59 Å². The summed E-state index contributed by atoms with van der Waals surface area (Å²) < 4.78 is 44.0. The van der Waals surface area contributed by atoms with Crippen molar-refractivity contribution in [3.8, 4) is 22.4 Å². The SMILES string of the molecule is CC(C)c1c(C(=O)Nc2ccc(F)cc2F)c(-c2ccccc2)c(-c2ccc(F)cc2)n1CC[C@@H](O)C[C@@H](O)CC(=O)O. The number of hydrogen-bond acceptors (Lipinski definition) is 4. The number of aliphatic hydroxyl groups is 2. The number of halogens is 3. The molecule has 3 aromatic carbocycles. The Morgan fingerprint density at radius 3 is 2.12 bits per heavy atom. The van der Waals surface area contributed by atoms with Gasteiger partial charge in [0.2, 0.25) is 0 Å². The maximum atomic E-state index is 14.6. The van der Waals surface area contributed by atoms with Crippen LogP contribution in [0.2, 0.25) is 0 Å². The van der Waals surface area contributed by atoms with Crippen LogP contribution in [0.3, 0.4) is 0 Å². The number of hydrogen-bond donors (Lipinski definition) is 4. The number of carbonyl (C=O) groups excluding carboxylic acids is 1.